The standard InChI is InChI=1S/C19H20N2O4S2/c1-19(2,27-21)11-16(22)25-15-6-4-3-5-14(15)18(23)24-13-9-7-12(8-10-13)17(20)26/h3-10H,11,21H2,1-2H3,(H2,20,26). The van der Waals surface area contributed by atoms with Gasteiger partial charge in [0.1, 0.15) is 22.1 Å². The molecule has 4 N–H and O–H groups in total. The number of benzene rings is 2. The maximum Gasteiger partial charge on any atom is 0.347 e. The van der Waals surface area contributed by atoms with E-state index in [1.807, 2.05) is 13.8 Å². The zero-order valence-corrected chi connectivity index (χ0v) is 16.6. The first kappa shape index (κ1) is 20.9. The lowest BCUT2D eigenvalue weighted by atomic mass is 10.1. The van der Waals surface area contributed by atoms with Gasteiger partial charge in [-0.15, -0.1) is 0 Å². The normalized spacial score (nSPS) is 10.9. The lowest BCUT2D eigenvalue weighted by Gasteiger charge is -2.19. The molecule has 2 aromatic carbocycles. The molecule has 0 radical (unpaired) electrons. The number of esters is 2. The topological polar surface area (TPSA) is 105 Å². The summed E-state index contributed by atoms with van der Waals surface area (Å²) in [5.74, 6) is -0.681. The molecule has 0 saturated carbocycles. The third kappa shape index (κ3) is 6.06. The van der Waals surface area contributed by atoms with Gasteiger partial charge < -0.3 is 15.2 Å². The van der Waals surface area contributed by atoms with Crippen LogP contribution < -0.4 is 20.3 Å². The second-order valence-corrected chi connectivity index (χ2v) is 8.08. The van der Waals surface area contributed by atoms with Crippen molar-refractivity contribution in [2.45, 2.75) is 25.0 Å². The van der Waals surface area contributed by atoms with Crippen molar-refractivity contribution in [1.82, 2.24) is 0 Å². The molecule has 0 atom stereocenters. The number of para-hydroxylation sites is 1. The largest absolute Gasteiger partial charge is 0.426 e. The third-order valence-corrected chi connectivity index (χ3v) is 4.59. The summed E-state index contributed by atoms with van der Waals surface area (Å²) in [6.07, 6.45) is 0.0952. The van der Waals surface area contributed by atoms with E-state index in [1.165, 1.54) is 12.1 Å². The van der Waals surface area contributed by atoms with Crippen molar-refractivity contribution in [3.8, 4) is 11.5 Å². The van der Waals surface area contributed by atoms with Crippen molar-refractivity contribution < 1.29 is 19.1 Å². The summed E-state index contributed by atoms with van der Waals surface area (Å²) in [6.45, 7) is 3.66. The molecular weight excluding hydrogens is 384 g/mol. The number of rotatable bonds is 7. The van der Waals surface area contributed by atoms with Crippen molar-refractivity contribution >= 4 is 41.1 Å². The van der Waals surface area contributed by atoms with Crippen molar-refractivity contribution in [2.24, 2.45) is 10.9 Å². The molecule has 0 unspecified atom stereocenters. The number of hydrogen-bond donors (Lipinski definition) is 2. The molecule has 0 spiro atoms. The van der Waals surface area contributed by atoms with E-state index >= 15 is 0 Å². The summed E-state index contributed by atoms with van der Waals surface area (Å²) in [4.78, 5) is 24.9. The predicted molar refractivity (Wildman–Crippen MR) is 110 cm³/mol. The van der Waals surface area contributed by atoms with E-state index in [9.17, 15) is 9.59 Å². The molecular formula is C19H20N2O4S2. The summed E-state index contributed by atoms with van der Waals surface area (Å²) >= 11 is 5.96. The summed E-state index contributed by atoms with van der Waals surface area (Å²) < 4.78 is 10.2. The van der Waals surface area contributed by atoms with E-state index in [0.717, 1.165) is 11.9 Å². The third-order valence-electron chi connectivity index (χ3n) is 3.57. The Morgan fingerprint density at radius 2 is 1.70 bits per heavy atom. The average Bonchev–Trinajstić information content (AvgIpc) is 2.62. The van der Waals surface area contributed by atoms with Gasteiger partial charge in [0.15, 0.2) is 0 Å². The number of carbonyl (C=O) groups excluding carboxylic acids is 2. The zero-order valence-electron chi connectivity index (χ0n) is 14.9. The molecule has 0 aromatic heterocycles. The van der Waals surface area contributed by atoms with Crippen LogP contribution in [0.15, 0.2) is 48.5 Å². The van der Waals surface area contributed by atoms with Gasteiger partial charge in [-0.3, -0.25) is 9.93 Å². The van der Waals surface area contributed by atoms with Gasteiger partial charge >= 0.3 is 11.9 Å². The number of thiocarbonyl (C=S) groups is 1. The first-order valence-corrected chi connectivity index (χ1v) is 9.30. The zero-order chi connectivity index (χ0) is 20.0. The number of hydrogen-bond acceptors (Lipinski definition) is 7. The second kappa shape index (κ2) is 8.98. The summed E-state index contributed by atoms with van der Waals surface area (Å²) in [5, 5.41) is 5.56. The van der Waals surface area contributed by atoms with Crippen molar-refractivity contribution in [3.63, 3.8) is 0 Å². The molecule has 0 aliphatic rings. The molecule has 6 nitrogen and oxygen atoms in total. The molecule has 2 rings (SSSR count). The Balaban J connectivity index is 2.13. The molecule has 0 saturated heterocycles. The van der Waals surface area contributed by atoms with E-state index in [2.05, 4.69) is 0 Å². The van der Waals surface area contributed by atoms with Crippen LogP contribution in [-0.2, 0) is 4.79 Å². The average molecular weight is 405 g/mol. The van der Waals surface area contributed by atoms with E-state index in [4.69, 9.17) is 32.6 Å². The Hall–Kier alpha value is -2.42. The molecule has 0 aliphatic carbocycles. The van der Waals surface area contributed by atoms with Gasteiger partial charge in [0.2, 0.25) is 0 Å². The monoisotopic (exact) mass is 404 g/mol. The fourth-order valence-corrected chi connectivity index (χ4v) is 2.46. The van der Waals surface area contributed by atoms with Crippen LogP contribution in [0.5, 0.6) is 11.5 Å². The van der Waals surface area contributed by atoms with Crippen LogP contribution in [0.2, 0.25) is 0 Å². The molecule has 0 amide bonds. The van der Waals surface area contributed by atoms with E-state index in [-0.39, 0.29) is 22.7 Å². The minimum atomic E-state index is -0.645. The van der Waals surface area contributed by atoms with Crippen LogP contribution in [0.25, 0.3) is 0 Å². The van der Waals surface area contributed by atoms with Crippen molar-refractivity contribution in [1.29, 1.82) is 0 Å². The predicted octanol–water partition coefficient (Wildman–Crippen LogP) is 3.22. The Morgan fingerprint density at radius 1 is 1.07 bits per heavy atom. The summed E-state index contributed by atoms with van der Waals surface area (Å²) in [5.41, 5.74) is 6.35. The molecule has 0 bridgehead atoms. The van der Waals surface area contributed by atoms with Crippen molar-refractivity contribution in [2.75, 3.05) is 0 Å². The summed E-state index contributed by atoms with van der Waals surface area (Å²) in [7, 11) is 0. The Bertz CT molecular complexity index is 851. The maximum absolute atomic E-state index is 12.5. The quantitative estimate of drug-likeness (QED) is 0.314. The summed E-state index contributed by atoms with van der Waals surface area (Å²) in [6, 6.07) is 12.9. The number of nitrogens with two attached hydrogens (primary N) is 2. The van der Waals surface area contributed by atoms with E-state index < -0.39 is 16.7 Å². The first-order valence-electron chi connectivity index (χ1n) is 8.01. The smallest absolute Gasteiger partial charge is 0.347 e. The highest BCUT2D eigenvalue weighted by atomic mass is 32.2. The van der Waals surface area contributed by atoms with Crippen molar-refractivity contribution in [3.05, 3.63) is 59.7 Å². The number of ether oxygens (including phenoxy) is 2. The van der Waals surface area contributed by atoms with Crippen LogP contribution in [0.4, 0.5) is 0 Å². The van der Waals surface area contributed by atoms with Gasteiger partial charge in [-0.25, -0.2) is 4.79 Å². The van der Waals surface area contributed by atoms with Crippen LogP contribution in [0.3, 0.4) is 0 Å². The molecule has 2 aromatic rings. The van der Waals surface area contributed by atoms with E-state index in [1.54, 1.807) is 36.4 Å². The van der Waals surface area contributed by atoms with Crippen LogP contribution in [0.1, 0.15) is 36.2 Å². The van der Waals surface area contributed by atoms with Gasteiger partial charge in [-0.05, 0) is 50.2 Å². The minimum Gasteiger partial charge on any atom is -0.426 e. The molecule has 27 heavy (non-hydrogen) atoms. The second-order valence-electron chi connectivity index (χ2n) is 6.30. The van der Waals surface area contributed by atoms with Crippen LogP contribution in [0, 0.1) is 0 Å². The first-order chi connectivity index (χ1) is 12.7. The molecule has 0 fully saturated rings. The van der Waals surface area contributed by atoms with Gasteiger partial charge in [0.25, 0.3) is 0 Å². The molecule has 0 heterocycles. The maximum atomic E-state index is 12.5. The highest BCUT2D eigenvalue weighted by Gasteiger charge is 2.24. The van der Waals surface area contributed by atoms with E-state index in [0.29, 0.717) is 11.3 Å². The minimum absolute atomic E-state index is 0.0952. The highest BCUT2D eigenvalue weighted by molar-refractivity contribution is 7.98. The Labute approximate surface area is 167 Å². The Morgan fingerprint density at radius 3 is 2.30 bits per heavy atom. The fraction of sp³-hybridized carbons (Fsp3) is 0.211. The SMILES string of the molecule is CC(C)(CC(=O)Oc1ccccc1C(=O)Oc1ccc(C(N)=S)cc1)SN. The Kier molecular flexibility index (Phi) is 6.95. The van der Waals surface area contributed by atoms with Gasteiger partial charge in [0, 0.05) is 10.3 Å². The molecule has 142 valence electrons. The highest BCUT2D eigenvalue weighted by Crippen LogP contribution is 2.26. The number of carbonyl (C=O) groups is 2. The lowest BCUT2D eigenvalue weighted by Crippen LogP contribution is -2.25. The fourth-order valence-electron chi connectivity index (χ4n) is 2.12. The molecule has 8 heteroatoms. The van der Waals surface area contributed by atoms with Gasteiger partial charge in [-0.2, -0.15) is 0 Å². The lowest BCUT2D eigenvalue weighted by molar-refractivity contribution is -0.134. The van der Waals surface area contributed by atoms with Crippen LogP contribution in [-0.4, -0.2) is 21.7 Å². The van der Waals surface area contributed by atoms with Gasteiger partial charge in [0.05, 0.1) is 6.42 Å². The van der Waals surface area contributed by atoms with Gasteiger partial charge in [-0.1, -0.05) is 36.3 Å². The molecule has 0 aliphatic heterocycles. The van der Waals surface area contributed by atoms with Crippen LogP contribution >= 0.6 is 24.2 Å².